The highest BCUT2D eigenvalue weighted by atomic mass is 32.2. The maximum atomic E-state index is 14.5. The SMILES string of the molecule is CC1CC(C(=O)O)CN(S(=O)(=O)c2ccc(C(=O)N3CCCC3)c(F)c2)C1. The standard InChI is InChI=1S/C18H23FN2O5S/c1-12-8-13(18(23)24)11-21(10-12)27(25,26)14-4-5-15(16(19)9-14)17(22)20-6-2-3-7-20/h4-5,9,12-13H,2-3,6-8,10-11H2,1H3,(H,23,24). The van der Waals surface area contributed by atoms with Crippen molar-refractivity contribution in [2.45, 2.75) is 31.1 Å². The molecule has 0 aliphatic carbocycles. The van der Waals surface area contributed by atoms with Gasteiger partial charge in [0.1, 0.15) is 5.82 Å². The highest BCUT2D eigenvalue weighted by Crippen LogP contribution is 2.28. The second-order valence-corrected chi connectivity index (χ2v) is 9.28. The lowest BCUT2D eigenvalue weighted by atomic mass is 9.92. The number of rotatable bonds is 4. The first-order chi connectivity index (χ1) is 12.7. The van der Waals surface area contributed by atoms with Gasteiger partial charge in [-0.1, -0.05) is 6.92 Å². The van der Waals surface area contributed by atoms with Gasteiger partial charge < -0.3 is 10.0 Å². The Morgan fingerprint density at radius 3 is 2.44 bits per heavy atom. The molecule has 0 spiro atoms. The van der Waals surface area contributed by atoms with Crippen LogP contribution in [0.3, 0.4) is 0 Å². The van der Waals surface area contributed by atoms with E-state index < -0.39 is 33.6 Å². The summed E-state index contributed by atoms with van der Waals surface area (Å²) in [7, 11) is -4.04. The summed E-state index contributed by atoms with van der Waals surface area (Å²) in [5, 5.41) is 9.23. The van der Waals surface area contributed by atoms with Crippen molar-refractivity contribution in [3.63, 3.8) is 0 Å². The van der Waals surface area contributed by atoms with Crippen molar-refractivity contribution in [1.82, 2.24) is 9.21 Å². The Bertz CT molecular complexity index is 851. The smallest absolute Gasteiger partial charge is 0.307 e. The largest absolute Gasteiger partial charge is 0.481 e. The Labute approximate surface area is 157 Å². The molecule has 9 heteroatoms. The van der Waals surface area contributed by atoms with Crippen molar-refractivity contribution >= 4 is 21.9 Å². The molecule has 1 amide bonds. The van der Waals surface area contributed by atoms with Crippen molar-refractivity contribution < 1.29 is 27.5 Å². The number of likely N-dealkylation sites (tertiary alicyclic amines) is 1. The minimum absolute atomic E-state index is 0.115. The summed E-state index contributed by atoms with van der Waals surface area (Å²) in [5.74, 6) is -3.27. The van der Waals surface area contributed by atoms with E-state index in [-0.39, 0.29) is 29.5 Å². The minimum Gasteiger partial charge on any atom is -0.481 e. The number of hydrogen-bond donors (Lipinski definition) is 1. The molecular weight excluding hydrogens is 375 g/mol. The van der Waals surface area contributed by atoms with Crippen molar-refractivity contribution in [2.24, 2.45) is 11.8 Å². The summed E-state index contributed by atoms with van der Waals surface area (Å²) < 4.78 is 41.3. The summed E-state index contributed by atoms with van der Waals surface area (Å²) in [6.45, 7) is 2.97. The third kappa shape index (κ3) is 3.98. The van der Waals surface area contributed by atoms with E-state index in [0.717, 1.165) is 23.2 Å². The molecule has 1 aromatic carbocycles. The third-order valence-corrected chi connectivity index (χ3v) is 7.01. The maximum Gasteiger partial charge on any atom is 0.307 e. The number of hydrogen-bond acceptors (Lipinski definition) is 4. The lowest BCUT2D eigenvalue weighted by molar-refractivity contribution is -0.143. The Hall–Kier alpha value is -2.00. The summed E-state index contributed by atoms with van der Waals surface area (Å²) in [4.78, 5) is 24.9. The van der Waals surface area contributed by atoms with E-state index in [1.54, 1.807) is 11.8 Å². The zero-order valence-electron chi connectivity index (χ0n) is 15.1. The van der Waals surface area contributed by atoms with Crippen LogP contribution in [0, 0.1) is 17.7 Å². The first-order valence-corrected chi connectivity index (χ1v) is 10.5. The monoisotopic (exact) mass is 398 g/mol. The highest BCUT2D eigenvalue weighted by Gasteiger charge is 2.36. The zero-order chi connectivity index (χ0) is 19.8. The van der Waals surface area contributed by atoms with E-state index >= 15 is 0 Å². The molecule has 3 rings (SSSR count). The van der Waals surface area contributed by atoms with Gasteiger partial charge in [-0.05, 0) is 43.4 Å². The van der Waals surface area contributed by atoms with Gasteiger partial charge in [0.05, 0.1) is 16.4 Å². The molecule has 27 heavy (non-hydrogen) atoms. The molecule has 0 aromatic heterocycles. The van der Waals surface area contributed by atoms with Gasteiger partial charge in [-0.15, -0.1) is 0 Å². The van der Waals surface area contributed by atoms with Crippen LogP contribution in [0.15, 0.2) is 23.1 Å². The molecule has 2 aliphatic heterocycles. The van der Waals surface area contributed by atoms with E-state index in [1.807, 2.05) is 0 Å². The molecule has 7 nitrogen and oxygen atoms in total. The molecule has 2 aliphatic rings. The molecule has 2 heterocycles. The predicted octanol–water partition coefficient (Wildman–Crippen LogP) is 1.79. The van der Waals surface area contributed by atoms with Crippen LogP contribution in [0.4, 0.5) is 4.39 Å². The van der Waals surface area contributed by atoms with E-state index in [1.165, 1.54) is 12.1 Å². The number of benzene rings is 1. The number of carboxylic acid groups (broad SMARTS) is 1. The molecule has 2 unspecified atom stereocenters. The van der Waals surface area contributed by atoms with Gasteiger partial charge in [-0.2, -0.15) is 4.31 Å². The van der Waals surface area contributed by atoms with Crippen LogP contribution in [0.2, 0.25) is 0 Å². The quantitative estimate of drug-likeness (QED) is 0.834. The van der Waals surface area contributed by atoms with Crippen LogP contribution in [-0.2, 0) is 14.8 Å². The summed E-state index contributed by atoms with van der Waals surface area (Å²) in [6, 6.07) is 3.27. The molecule has 2 fully saturated rings. The average Bonchev–Trinajstić information content (AvgIpc) is 3.15. The minimum atomic E-state index is -4.04. The number of amides is 1. The predicted molar refractivity (Wildman–Crippen MR) is 95.2 cm³/mol. The van der Waals surface area contributed by atoms with Crippen LogP contribution < -0.4 is 0 Å². The van der Waals surface area contributed by atoms with E-state index in [0.29, 0.717) is 19.5 Å². The Morgan fingerprint density at radius 1 is 1.19 bits per heavy atom. The van der Waals surface area contributed by atoms with E-state index in [9.17, 15) is 27.5 Å². The van der Waals surface area contributed by atoms with Crippen LogP contribution in [0.1, 0.15) is 36.5 Å². The fourth-order valence-corrected chi connectivity index (χ4v) is 5.36. The molecule has 1 aromatic rings. The summed E-state index contributed by atoms with van der Waals surface area (Å²) in [6.07, 6.45) is 2.15. The number of carbonyl (C=O) groups is 2. The fourth-order valence-electron chi connectivity index (χ4n) is 3.75. The number of sulfonamides is 1. The Morgan fingerprint density at radius 2 is 1.85 bits per heavy atom. The van der Waals surface area contributed by atoms with Crippen molar-refractivity contribution in [1.29, 1.82) is 0 Å². The molecule has 1 N–H and O–H groups in total. The van der Waals surface area contributed by atoms with Gasteiger partial charge >= 0.3 is 5.97 Å². The Kier molecular flexibility index (Phi) is 5.53. The summed E-state index contributed by atoms with van der Waals surface area (Å²) >= 11 is 0. The third-order valence-electron chi connectivity index (χ3n) is 5.18. The molecule has 148 valence electrons. The molecule has 2 saturated heterocycles. The molecule has 0 radical (unpaired) electrons. The second-order valence-electron chi connectivity index (χ2n) is 7.34. The van der Waals surface area contributed by atoms with Gasteiger partial charge in [0.15, 0.2) is 0 Å². The van der Waals surface area contributed by atoms with Crippen molar-refractivity contribution in [3.8, 4) is 0 Å². The lowest BCUT2D eigenvalue weighted by Gasteiger charge is -2.33. The van der Waals surface area contributed by atoms with Crippen LogP contribution in [0.5, 0.6) is 0 Å². The fraction of sp³-hybridized carbons (Fsp3) is 0.556. The second kappa shape index (κ2) is 7.55. The van der Waals surface area contributed by atoms with Gasteiger partial charge in [0, 0.05) is 26.2 Å². The average molecular weight is 398 g/mol. The normalized spacial score (nSPS) is 24.1. The number of aliphatic carboxylic acids is 1. The molecular formula is C18H23FN2O5S. The number of piperidine rings is 1. The van der Waals surface area contributed by atoms with Gasteiger partial charge in [0.25, 0.3) is 5.91 Å². The first-order valence-electron chi connectivity index (χ1n) is 9.02. The molecule has 0 saturated carbocycles. The topological polar surface area (TPSA) is 95.0 Å². The van der Waals surface area contributed by atoms with Gasteiger partial charge in [0.2, 0.25) is 10.0 Å². The Balaban J connectivity index is 1.85. The molecule has 2 atom stereocenters. The van der Waals surface area contributed by atoms with Crippen LogP contribution in [-0.4, -0.2) is 60.8 Å². The number of carbonyl (C=O) groups excluding carboxylic acids is 1. The van der Waals surface area contributed by atoms with Crippen LogP contribution >= 0.6 is 0 Å². The van der Waals surface area contributed by atoms with Crippen molar-refractivity contribution in [2.75, 3.05) is 26.2 Å². The highest BCUT2D eigenvalue weighted by molar-refractivity contribution is 7.89. The van der Waals surface area contributed by atoms with Crippen molar-refractivity contribution in [3.05, 3.63) is 29.6 Å². The maximum absolute atomic E-state index is 14.5. The van der Waals surface area contributed by atoms with Crippen LogP contribution in [0.25, 0.3) is 0 Å². The molecule has 0 bridgehead atoms. The number of carboxylic acids is 1. The van der Waals surface area contributed by atoms with Gasteiger partial charge in [-0.3, -0.25) is 9.59 Å². The number of halogens is 1. The zero-order valence-corrected chi connectivity index (χ0v) is 15.9. The lowest BCUT2D eigenvalue weighted by Crippen LogP contribution is -2.45. The van der Waals surface area contributed by atoms with Gasteiger partial charge in [-0.25, -0.2) is 12.8 Å². The first kappa shape index (κ1) is 19.8. The van der Waals surface area contributed by atoms with E-state index in [2.05, 4.69) is 0 Å². The number of nitrogens with zero attached hydrogens (tertiary/aromatic N) is 2. The van der Waals surface area contributed by atoms with E-state index in [4.69, 9.17) is 0 Å². The summed E-state index contributed by atoms with van der Waals surface area (Å²) in [5.41, 5.74) is -0.147.